The van der Waals surface area contributed by atoms with E-state index in [0.29, 0.717) is 0 Å². The normalized spacial score (nSPS) is 15.1. The fourth-order valence-corrected chi connectivity index (χ4v) is 1.09. The van der Waals surface area contributed by atoms with Crippen molar-refractivity contribution < 1.29 is 4.21 Å². The lowest BCUT2D eigenvalue weighted by Gasteiger charge is -2.08. The molecule has 0 aromatic carbocycles. The van der Waals surface area contributed by atoms with E-state index in [4.69, 9.17) is 6.42 Å². The molecule has 0 rings (SSSR count). The number of unbranched alkanes of at least 4 members (excludes halogenated alkanes) is 1. The summed E-state index contributed by atoms with van der Waals surface area (Å²) in [4.78, 5) is 0. The highest BCUT2D eigenvalue weighted by molar-refractivity contribution is 7.84. The Morgan fingerprint density at radius 3 is 2.83 bits per heavy atom. The molecule has 0 radical (unpaired) electrons. The predicted molar refractivity (Wildman–Crippen MR) is 54.5 cm³/mol. The standard InChI is InChI=1S/C9H17NOS/c1-4-5-6-7-10-8-9(2)12(3)11/h1,9-10H,5-8H2,2-3H3. The van der Waals surface area contributed by atoms with Gasteiger partial charge in [0, 0.05) is 35.3 Å². The molecule has 0 spiro atoms. The van der Waals surface area contributed by atoms with Crippen LogP contribution in [0.2, 0.25) is 0 Å². The third-order valence-electron chi connectivity index (χ3n) is 1.67. The average Bonchev–Trinajstić information content (AvgIpc) is 2.03. The van der Waals surface area contributed by atoms with Crippen molar-refractivity contribution in [2.24, 2.45) is 0 Å². The third-order valence-corrected chi connectivity index (χ3v) is 2.97. The maximum Gasteiger partial charge on any atom is 0.0441 e. The fraction of sp³-hybridized carbons (Fsp3) is 0.778. The van der Waals surface area contributed by atoms with E-state index in [1.165, 1.54) is 0 Å². The predicted octanol–water partition coefficient (Wildman–Crippen LogP) is 0.756. The Balaban J connectivity index is 3.21. The van der Waals surface area contributed by atoms with Gasteiger partial charge in [0.2, 0.25) is 0 Å². The lowest BCUT2D eigenvalue weighted by molar-refractivity contribution is 0.633. The lowest BCUT2D eigenvalue weighted by Crippen LogP contribution is -2.28. The Kier molecular flexibility index (Phi) is 7.12. The Labute approximate surface area is 77.6 Å². The maximum atomic E-state index is 10.9. The zero-order chi connectivity index (χ0) is 9.40. The van der Waals surface area contributed by atoms with Gasteiger partial charge in [0.25, 0.3) is 0 Å². The van der Waals surface area contributed by atoms with E-state index >= 15 is 0 Å². The zero-order valence-electron chi connectivity index (χ0n) is 7.80. The van der Waals surface area contributed by atoms with Crippen LogP contribution in [0.25, 0.3) is 0 Å². The van der Waals surface area contributed by atoms with Crippen LogP contribution in [0, 0.1) is 12.3 Å². The minimum absolute atomic E-state index is 0.232. The molecule has 0 heterocycles. The molecule has 0 amide bonds. The molecule has 3 heteroatoms. The SMILES string of the molecule is C#CCCCNCC(C)S(C)=O. The van der Waals surface area contributed by atoms with Gasteiger partial charge in [-0.3, -0.25) is 4.21 Å². The highest BCUT2D eigenvalue weighted by Crippen LogP contribution is 1.90. The summed E-state index contributed by atoms with van der Waals surface area (Å²) in [6.07, 6.45) is 8.64. The van der Waals surface area contributed by atoms with E-state index in [1.807, 2.05) is 6.92 Å². The van der Waals surface area contributed by atoms with Crippen LogP contribution in [0.15, 0.2) is 0 Å². The summed E-state index contributed by atoms with van der Waals surface area (Å²) in [5.41, 5.74) is 0. The molecule has 0 aliphatic rings. The van der Waals surface area contributed by atoms with E-state index in [0.717, 1.165) is 25.9 Å². The second-order valence-electron chi connectivity index (χ2n) is 2.82. The Morgan fingerprint density at radius 1 is 1.67 bits per heavy atom. The fourth-order valence-electron chi connectivity index (χ4n) is 0.738. The molecule has 0 saturated carbocycles. The maximum absolute atomic E-state index is 10.9. The monoisotopic (exact) mass is 187 g/mol. The average molecular weight is 187 g/mol. The molecule has 70 valence electrons. The van der Waals surface area contributed by atoms with Gasteiger partial charge in [-0.1, -0.05) is 0 Å². The van der Waals surface area contributed by atoms with Gasteiger partial charge in [0.05, 0.1) is 0 Å². The largest absolute Gasteiger partial charge is 0.316 e. The number of hydrogen-bond donors (Lipinski definition) is 1. The molecule has 2 nitrogen and oxygen atoms in total. The van der Waals surface area contributed by atoms with Crippen LogP contribution in [0.4, 0.5) is 0 Å². The summed E-state index contributed by atoms with van der Waals surface area (Å²) in [5.74, 6) is 2.58. The van der Waals surface area contributed by atoms with Crippen LogP contribution in [0.3, 0.4) is 0 Å². The summed E-state index contributed by atoms with van der Waals surface area (Å²) in [6, 6.07) is 0. The van der Waals surface area contributed by atoms with Crippen LogP contribution >= 0.6 is 0 Å². The molecular formula is C9H17NOS. The molecule has 0 aromatic rings. The molecule has 1 N–H and O–H groups in total. The summed E-state index contributed by atoms with van der Waals surface area (Å²) >= 11 is 0. The van der Waals surface area contributed by atoms with Gasteiger partial charge in [0.15, 0.2) is 0 Å². The Bertz CT molecular complexity index is 174. The quantitative estimate of drug-likeness (QED) is 0.491. The minimum Gasteiger partial charge on any atom is -0.316 e. The Hall–Kier alpha value is -0.330. The van der Waals surface area contributed by atoms with E-state index in [1.54, 1.807) is 6.26 Å². The molecule has 0 fully saturated rings. The molecule has 0 bridgehead atoms. The molecule has 0 saturated heterocycles. The van der Waals surface area contributed by atoms with Crippen LogP contribution in [0.1, 0.15) is 19.8 Å². The summed E-state index contributed by atoms with van der Waals surface area (Å²) < 4.78 is 10.9. The number of terminal acetylenes is 1. The number of rotatable bonds is 6. The molecule has 0 aliphatic heterocycles. The van der Waals surface area contributed by atoms with Crippen molar-refractivity contribution in [3.05, 3.63) is 0 Å². The first-order valence-corrected chi connectivity index (χ1v) is 5.77. The second-order valence-corrected chi connectivity index (χ2v) is 4.62. The second kappa shape index (κ2) is 7.33. The van der Waals surface area contributed by atoms with Crippen molar-refractivity contribution in [2.75, 3.05) is 19.3 Å². The van der Waals surface area contributed by atoms with Crippen molar-refractivity contribution in [3.8, 4) is 12.3 Å². The van der Waals surface area contributed by atoms with E-state index in [9.17, 15) is 4.21 Å². The minimum atomic E-state index is -0.720. The third kappa shape index (κ3) is 6.38. The first-order valence-electron chi connectivity index (χ1n) is 4.15. The molecular weight excluding hydrogens is 170 g/mol. The van der Waals surface area contributed by atoms with E-state index < -0.39 is 10.8 Å². The zero-order valence-corrected chi connectivity index (χ0v) is 8.62. The lowest BCUT2D eigenvalue weighted by atomic mass is 10.3. The van der Waals surface area contributed by atoms with Crippen LogP contribution in [0.5, 0.6) is 0 Å². The topological polar surface area (TPSA) is 29.1 Å². The van der Waals surface area contributed by atoms with Gasteiger partial charge >= 0.3 is 0 Å². The highest BCUT2D eigenvalue weighted by atomic mass is 32.2. The van der Waals surface area contributed by atoms with Gasteiger partial charge < -0.3 is 5.32 Å². The van der Waals surface area contributed by atoms with Crippen molar-refractivity contribution in [1.82, 2.24) is 5.32 Å². The Morgan fingerprint density at radius 2 is 2.33 bits per heavy atom. The first kappa shape index (κ1) is 11.7. The van der Waals surface area contributed by atoms with Crippen molar-refractivity contribution >= 4 is 10.8 Å². The van der Waals surface area contributed by atoms with E-state index in [-0.39, 0.29) is 5.25 Å². The number of hydrogen-bond acceptors (Lipinski definition) is 2. The number of nitrogens with one attached hydrogen (secondary N) is 1. The van der Waals surface area contributed by atoms with Gasteiger partial charge in [-0.2, -0.15) is 0 Å². The van der Waals surface area contributed by atoms with Gasteiger partial charge in [-0.05, 0) is 19.9 Å². The summed E-state index contributed by atoms with van der Waals surface area (Å²) in [6.45, 7) is 3.71. The van der Waals surface area contributed by atoms with Crippen molar-refractivity contribution in [3.63, 3.8) is 0 Å². The van der Waals surface area contributed by atoms with Crippen LogP contribution in [-0.2, 0) is 10.8 Å². The van der Waals surface area contributed by atoms with Gasteiger partial charge in [0.1, 0.15) is 0 Å². The molecule has 0 aliphatic carbocycles. The molecule has 0 aromatic heterocycles. The van der Waals surface area contributed by atoms with Gasteiger partial charge in [-0.25, -0.2) is 0 Å². The summed E-state index contributed by atoms with van der Waals surface area (Å²) in [5, 5.41) is 3.44. The first-order chi connectivity index (χ1) is 5.68. The van der Waals surface area contributed by atoms with Crippen LogP contribution in [-0.4, -0.2) is 28.8 Å². The highest BCUT2D eigenvalue weighted by Gasteiger charge is 2.03. The van der Waals surface area contributed by atoms with Crippen molar-refractivity contribution in [1.29, 1.82) is 0 Å². The molecule has 12 heavy (non-hydrogen) atoms. The summed E-state index contributed by atoms with van der Waals surface area (Å²) in [7, 11) is -0.720. The van der Waals surface area contributed by atoms with E-state index in [2.05, 4.69) is 11.2 Å². The molecule has 2 unspecified atom stereocenters. The molecule has 2 atom stereocenters. The van der Waals surface area contributed by atoms with Gasteiger partial charge in [-0.15, -0.1) is 12.3 Å². The smallest absolute Gasteiger partial charge is 0.0441 e. The van der Waals surface area contributed by atoms with Crippen LogP contribution < -0.4 is 5.32 Å². The van der Waals surface area contributed by atoms with Crippen molar-refractivity contribution in [2.45, 2.75) is 25.0 Å².